The van der Waals surface area contributed by atoms with Gasteiger partial charge < -0.3 is 15.1 Å². The van der Waals surface area contributed by atoms with E-state index in [9.17, 15) is 18.4 Å². The number of hydrogen-bond donors (Lipinski definition) is 2. The lowest BCUT2D eigenvalue weighted by Gasteiger charge is -2.18. The maximum atomic E-state index is 13.2. The molecule has 2 heterocycles. The van der Waals surface area contributed by atoms with Crippen molar-refractivity contribution in [3.8, 4) is 0 Å². The first kappa shape index (κ1) is 19.3. The molecule has 1 aromatic carbocycles. The predicted molar refractivity (Wildman–Crippen MR) is 96.5 cm³/mol. The SMILES string of the molecule is Cc1cc(C)n([C@@H](CNC(=O)C(=O)Nc2ccc(F)c(F)c2)c2ccco2)n1. The zero-order chi connectivity index (χ0) is 20.3. The molecule has 2 aromatic heterocycles. The van der Waals surface area contributed by atoms with Crippen molar-refractivity contribution in [2.75, 3.05) is 11.9 Å². The van der Waals surface area contributed by atoms with Crippen LogP contribution in [-0.4, -0.2) is 28.1 Å². The molecular formula is C19H18F2N4O3. The third kappa shape index (κ3) is 4.25. The molecule has 0 saturated heterocycles. The second-order valence-electron chi connectivity index (χ2n) is 6.20. The van der Waals surface area contributed by atoms with Crippen molar-refractivity contribution >= 4 is 17.5 Å². The van der Waals surface area contributed by atoms with Gasteiger partial charge in [0.05, 0.1) is 12.0 Å². The van der Waals surface area contributed by atoms with E-state index in [1.165, 1.54) is 6.26 Å². The number of benzene rings is 1. The summed E-state index contributed by atoms with van der Waals surface area (Å²) in [7, 11) is 0. The van der Waals surface area contributed by atoms with Gasteiger partial charge >= 0.3 is 11.8 Å². The Labute approximate surface area is 159 Å². The lowest BCUT2D eigenvalue weighted by molar-refractivity contribution is -0.136. The number of carbonyl (C=O) groups excluding carboxylic acids is 2. The number of furan rings is 1. The number of rotatable bonds is 5. The van der Waals surface area contributed by atoms with E-state index >= 15 is 0 Å². The quantitative estimate of drug-likeness (QED) is 0.658. The molecule has 0 aliphatic heterocycles. The average molecular weight is 388 g/mol. The maximum absolute atomic E-state index is 13.2. The molecule has 3 aromatic rings. The summed E-state index contributed by atoms with van der Waals surface area (Å²) in [5.74, 6) is -3.54. The second-order valence-corrected chi connectivity index (χ2v) is 6.20. The van der Waals surface area contributed by atoms with E-state index in [1.54, 1.807) is 16.8 Å². The fourth-order valence-corrected chi connectivity index (χ4v) is 2.78. The molecule has 0 unspecified atom stereocenters. The molecule has 1 atom stereocenters. The predicted octanol–water partition coefficient (Wildman–Crippen LogP) is 2.72. The number of aromatic nitrogens is 2. The second kappa shape index (κ2) is 8.03. The largest absolute Gasteiger partial charge is 0.467 e. The molecule has 0 radical (unpaired) electrons. The minimum Gasteiger partial charge on any atom is -0.467 e. The number of hydrogen-bond acceptors (Lipinski definition) is 4. The molecule has 9 heteroatoms. The summed E-state index contributed by atoms with van der Waals surface area (Å²) >= 11 is 0. The number of carbonyl (C=O) groups is 2. The highest BCUT2D eigenvalue weighted by molar-refractivity contribution is 6.39. The number of halogens is 2. The fourth-order valence-electron chi connectivity index (χ4n) is 2.78. The number of amides is 2. The summed E-state index contributed by atoms with van der Waals surface area (Å²) in [4.78, 5) is 24.2. The minimum atomic E-state index is -1.12. The van der Waals surface area contributed by atoms with Crippen molar-refractivity contribution in [1.82, 2.24) is 15.1 Å². The van der Waals surface area contributed by atoms with Crippen LogP contribution in [0.25, 0.3) is 0 Å². The molecule has 0 spiro atoms. The van der Waals surface area contributed by atoms with E-state index in [-0.39, 0.29) is 12.2 Å². The molecule has 146 valence electrons. The Morgan fingerprint density at radius 2 is 1.93 bits per heavy atom. The molecule has 0 bridgehead atoms. The van der Waals surface area contributed by atoms with Crippen molar-refractivity contribution in [2.45, 2.75) is 19.9 Å². The summed E-state index contributed by atoms with van der Waals surface area (Å²) in [6, 6.07) is 7.70. The van der Waals surface area contributed by atoms with Crippen LogP contribution in [0.5, 0.6) is 0 Å². The number of aryl methyl sites for hydroxylation is 2. The van der Waals surface area contributed by atoms with E-state index in [1.807, 2.05) is 19.9 Å². The van der Waals surface area contributed by atoms with Gasteiger partial charge in [-0.3, -0.25) is 14.3 Å². The van der Waals surface area contributed by atoms with Gasteiger partial charge in [0, 0.05) is 24.0 Å². The summed E-state index contributed by atoms with van der Waals surface area (Å²) in [5.41, 5.74) is 1.64. The molecule has 7 nitrogen and oxygen atoms in total. The molecule has 0 aliphatic carbocycles. The van der Waals surface area contributed by atoms with Gasteiger partial charge in [-0.05, 0) is 44.2 Å². The Balaban J connectivity index is 1.68. The smallest absolute Gasteiger partial charge is 0.313 e. The van der Waals surface area contributed by atoms with Crippen LogP contribution in [0.4, 0.5) is 14.5 Å². The van der Waals surface area contributed by atoms with Gasteiger partial charge in [-0.25, -0.2) is 8.78 Å². The van der Waals surface area contributed by atoms with Gasteiger partial charge in [-0.1, -0.05) is 0 Å². The van der Waals surface area contributed by atoms with Crippen LogP contribution in [-0.2, 0) is 9.59 Å². The van der Waals surface area contributed by atoms with Crippen molar-refractivity contribution in [1.29, 1.82) is 0 Å². The van der Waals surface area contributed by atoms with Gasteiger partial charge in [0.25, 0.3) is 0 Å². The molecule has 0 aliphatic rings. The van der Waals surface area contributed by atoms with Crippen molar-refractivity contribution in [2.24, 2.45) is 0 Å². The zero-order valence-electron chi connectivity index (χ0n) is 15.2. The van der Waals surface area contributed by atoms with Gasteiger partial charge in [0.1, 0.15) is 11.8 Å². The van der Waals surface area contributed by atoms with E-state index in [4.69, 9.17) is 4.42 Å². The Hall–Kier alpha value is -3.49. The first-order valence-corrected chi connectivity index (χ1v) is 8.45. The van der Waals surface area contributed by atoms with E-state index < -0.39 is 29.5 Å². The zero-order valence-corrected chi connectivity index (χ0v) is 15.2. The van der Waals surface area contributed by atoms with Gasteiger partial charge in [0.15, 0.2) is 11.6 Å². The molecule has 2 amide bonds. The standard InChI is InChI=1S/C19H18F2N4O3/c1-11-8-12(2)25(24-11)16(17-4-3-7-28-17)10-22-18(26)19(27)23-13-5-6-14(20)15(21)9-13/h3-9,16H,10H2,1-2H3,(H,22,26)(H,23,27)/t16-/m0/s1. The first-order valence-electron chi connectivity index (χ1n) is 8.45. The third-order valence-electron chi connectivity index (χ3n) is 4.05. The molecule has 2 N–H and O–H groups in total. The van der Waals surface area contributed by atoms with Gasteiger partial charge in [-0.2, -0.15) is 5.10 Å². The minimum absolute atomic E-state index is 0.0276. The maximum Gasteiger partial charge on any atom is 0.313 e. The molecule has 28 heavy (non-hydrogen) atoms. The third-order valence-corrected chi connectivity index (χ3v) is 4.05. The lowest BCUT2D eigenvalue weighted by atomic mass is 10.2. The summed E-state index contributed by atoms with van der Waals surface area (Å²) < 4.78 is 33.3. The molecular weight excluding hydrogens is 370 g/mol. The average Bonchev–Trinajstić information content (AvgIpc) is 3.28. The van der Waals surface area contributed by atoms with Crippen LogP contribution in [0.2, 0.25) is 0 Å². The van der Waals surface area contributed by atoms with Crippen LogP contribution < -0.4 is 10.6 Å². The monoisotopic (exact) mass is 388 g/mol. The molecule has 0 saturated carbocycles. The number of anilines is 1. The van der Waals surface area contributed by atoms with E-state index in [0.29, 0.717) is 5.76 Å². The molecule has 3 rings (SSSR count). The topological polar surface area (TPSA) is 89.2 Å². The van der Waals surface area contributed by atoms with Gasteiger partial charge in [-0.15, -0.1) is 0 Å². The van der Waals surface area contributed by atoms with Crippen LogP contribution in [0.15, 0.2) is 47.1 Å². The van der Waals surface area contributed by atoms with Crippen LogP contribution in [0.3, 0.4) is 0 Å². The van der Waals surface area contributed by atoms with Crippen molar-refractivity contribution in [3.63, 3.8) is 0 Å². The summed E-state index contributed by atoms with van der Waals surface area (Å²) in [6.07, 6.45) is 1.51. The first-order chi connectivity index (χ1) is 13.3. The van der Waals surface area contributed by atoms with E-state index in [0.717, 1.165) is 29.6 Å². The molecule has 0 fully saturated rings. The Bertz CT molecular complexity index is 999. The number of nitrogens with one attached hydrogen (secondary N) is 2. The Morgan fingerprint density at radius 1 is 1.14 bits per heavy atom. The van der Waals surface area contributed by atoms with Gasteiger partial charge in [0.2, 0.25) is 0 Å². The lowest BCUT2D eigenvalue weighted by Crippen LogP contribution is -2.39. The highest BCUT2D eigenvalue weighted by atomic mass is 19.2. The summed E-state index contributed by atoms with van der Waals surface area (Å²) in [6.45, 7) is 3.75. The van der Waals surface area contributed by atoms with Crippen LogP contribution in [0, 0.1) is 25.5 Å². The summed E-state index contributed by atoms with van der Waals surface area (Å²) in [5, 5.41) is 9.14. The van der Waals surface area contributed by atoms with Crippen molar-refractivity contribution in [3.05, 3.63) is 71.4 Å². The normalized spacial score (nSPS) is 11.9. The van der Waals surface area contributed by atoms with E-state index in [2.05, 4.69) is 15.7 Å². The Kier molecular flexibility index (Phi) is 5.53. The fraction of sp³-hybridized carbons (Fsp3) is 0.211. The van der Waals surface area contributed by atoms with Crippen LogP contribution >= 0.6 is 0 Å². The van der Waals surface area contributed by atoms with Crippen molar-refractivity contribution < 1.29 is 22.8 Å². The number of nitrogens with zero attached hydrogens (tertiary/aromatic N) is 2. The Morgan fingerprint density at radius 3 is 2.54 bits per heavy atom. The van der Waals surface area contributed by atoms with Crippen LogP contribution in [0.1, 0.15) is 23.2 Å². The highest BCUT2D eigenvalue weighted by Crippen LogP contribution is 2.20. The highest BCUT2D eigenvalue weighted by Gasteiger charge is 2.22.